The van der Waals surface area contributed by atoms with Crippen molar-refractivity contribution in [1.82, 2.24) is 9.88 Å². The zero-order chi connectivity index (χ0) is 13.6. The van der Waals surface area contributed by atoms with Crippen LogP contribution in [-0.4, -0.2) is 28.9 Å². The lowest BCUT2D eigenvalue weighted by Crippen LogP contribution is -2.27. The number of aromatic amines is 1. The molecule has 1 saturated heterocycles. The highest BCUT2D eigenvalue weighted by Gasteiger charge is 2.22. The summed E-state index contributed by atoms with van der Waals surface area (Å²) in [6.45, 7) is 1.40. The van der Waals surface area contributed by atoms with Gasteiger partial charge in [-0.1, -0.05) is 11.6 Å². The minimum Gasteiger partial charge on any atom is -0.348 e. The summed E-state index contributed by atoms with van der Waals surface area (Å²) >= 11 is 5.58. The fraction of sp³-hybridized carbons (Fsp3) is 0.308. The van der Waals surface area contributed by atoms with Gasteiger partial charge in [0.2, 0.25) is 0 Å². The molecule has 0 aliphatic carbocycles. The number of carbonyl (C=O) groups excluding carboxylic acids is 1. The molecule has 1 aromatic carbocycles. The van der Waals surface area contributed by atoms with Crippen molar-refractivity contribution in [2.75, 3.05) is 13.1 Å². The predicted molar refractivity (Wildman–Crippen MR) is 68.4 cm³/mol. The van der Waals surface area contributed by atoms with E-state index in [0.29, 0.717) is 18.5 Å². The second-order valence-corrected chi connectivity index (χ2v) is 5.04. The number of aromatic nitrogens is 1. The van der Waals surface area contributed by atoms with Crippen molar-refractivity contribution in [1.29, 1.82) is 0 Å². The SMILES string of the molecule is O=C(c1cc2cc(Cl)c(F)c(F)c2[nH]1)N1CCCC1. The van der Waals surface area contributed by atoms with Gasteiger partial charge in [-0.05, 0) is 25.0 Å². The molecule has 2 aromatic rings. The molecule has 0 radical (unpaired) electrons. The number of H-pyrrole nitrogens is 1. The fourth-order valence-electron chi connectivity index (χ4n) is 2.39. The number of nitrogens with zero attached hydrogens (tertiary/aromatic N) is 1. The maximum atomic E-state index is 13.7. The van der Waals surface area contributed by atoms with Gasteiger partial charge in [-0.3, -0.25) is 4.79 Å². The van der Waals surface area contributed by atoms with Gasteiger partial charge in [0, 0.05) is 18.5 Å². The molecule has 1 fully saturated rings. The van der Waals surface area contributed by atoms with Crippen molar-refractivity contribution >= 4 is 28.4 Å². The standard InChI is InChI=1S/C13H11ClF2N2O/c14-8-5-7-6-9(13(19)18-3-1-2-4-18)17-12(7)11(16)10(8)15/h5-6,17H,1-4H2. The van der Waals surface area contributed by atoms with Crippen molar-refractivity contribution in [2.45, 2.75) is 12.8 Å². The Morgan fingerprint density at radius 1 is 1.21 bits per heavy atom. The molecule has 0 unspecified atom stereocenters. The van der Waals surface area contributed by atoms with Crippen LogP contribution in [0, 0.1) is 11.6 Å². The quantitative estimate of drug-likeness (QED) is 0.801. The first-order chi connectivity index (χ1) is 9.08. The van der Waals surface area contributed by atoms with E-state index in [0.717, 1.165) is 12.8 Å². The third-order valence-electron chi connectivity index (χ3n) is 3.38. The first-order valence-corrected chi connectivity index (χ1v) is 6.41. The zero-order valence-corrected chi connectivity index (χ0v) is 10.7. The number of hydrogen-bond donors (Lipinski definition) is 1. The average Bonchev–Trinajstić information content (AvgIpc) is 3.04. The van der Waals surface area contributed by atoms with Crippen LogP contribution in [0.15, 0.2) is 12.1 Å². The molecule has 0 bridgehead atoms. The van der Waals surface area contributed by atoms with Gasteiger partial charge >= 0.3 is 0 Å². The highest BCUT2D eigenvalue weighted by atomic mass is 35.5. The third kappa shape index (κ3) is 1.98. The molecular weight excluding hydrogens is 274 g/mol. The van der Waals surface area contributed by atoms with Gasteiger partial charge in [-0.15, -0.1) is 0 Å². The van der Waals surface area contributed by atoms with Crippen LogP contribution < -0.4 is 0 Å². The Balaban J connectivity index is 2.06. The molecule has 3 rings (SSSR count). The van der Waals surface area contributed by atoms with E-state index in [2.05, 4.69) is 4.98 Å². The zero-order valence-electron chi connectivity index (χ0n) is 9.97. The minimum atomic E-state index is -1.10. The van der Waals surface area contributed by atoms with Crippen molar-refractivity contribution in [3.05, 3.63) is 34.5 Å². The van der Waals surface area contributed by atoms with Crippen molar-refractivity contribution < 1.29 is 13.6 Å². The van der Waals surface area contributed by atoms with Crippen molar-refractivity contribution in [2.24, 2.45) is 0 Å². The van der Waals surface area contributed by atoms with Gasteiger partial charge in [-0.2, -0.15) is 0 Å². The molecule has 2 heterocycles. The van der Waals surface area contributed by atoms with Gasteiger partial charge in [-0.25, -0.2) is 8.78 Å². The van der Waals surface area contributed by atoms with E-state index in [1.807, 2.05) is 0 Å². The van der Waals surface area contributed by atoms with E-state index in [1.54, 1.807) is 4.90 Å². The molecule has 6 heteroatoms. The molecular formula is C13H11ClF2N2O. The molecule has 0 atom stereocenters. The lowest BCUT2D eigenvalue weighted by atomic mass is 10.2. The summed E-state index contributed by atoms with van der Waals surface area (Å²) in [6.07, 6.45) is 1.95. The lowest BCUT2D eigenvalue weighted by molar-refractivity contribution is 0.0788. The Kier molecular flexibility index (Phi) is 2.93. The monoisotopic (exact) mass is 284 g/mol. The van der Waals surface area contributed by atoms with E-state index >= 15 is 0 Å². The van der Waals surface area contributed by atoms with Crippen LogP contribution in [0.25, 0.3) is 10.9 Å². The molecule has 3 nitrogen and oxygen atoms in total. The number of carbonyl (C=O) groups is 1. The predicted octanol–water partition coefficient (Wildman–Crippen LogP) is 3.34. The number of nitrogens with one attached hydrogen (secondary N) is 1. The van der Waals surface area contributed by atoms with Crippen molar-refractivity contribution in [3.8, 4) is 0 Å². The Bertz CT molecular complexity index is 662. The van der Waals surface area contributed by atoms with Crippen molar-refractivity contribution in [3.63, 3.8) is 0 Å². The minimum absolute atomic E-state index is 0.0237. The lowest BCUT2D eigenvalue weighted by Gasteiger charge is -2.13. The van der Waals surface area contributed by atoms with Gasteiger partial charge < -0.3 is 9.88 Å². The average molecular weight is 285 g/mol. The van der Waals surface area contributed by atoms with E-state index < -0.39 is 11.6 Å². The second kappa shape index (κ2) is 4.49. The first-order valence-electron chi connectivity index (χ1n) is 6.03. The highest BCUT2D eigenvalue weighted by Crippen LogP contribution is 2.27. The summed E-state index contributed by atoms with van der Waals surface area (Å²) in [5.74, 6) is -2.34. The molecule has 1 aliphatic rings. The Labute approximate surface area is 113 Å². The number of hydrogen-bond acceptors (Lipinski definition) is 1. The summed E-state index contributed by atoms with van der Waals surface area (Å²) in [5.41, 5.74) is 0.238. The Morgan fingerprint density at radius 2 is 1.89 bits per heavy atom. The highest BCUT2D eigenvalue weighted by molar-refractivity contribution is 6.31. The van der Waals surface area contributed by atoms with Crippen LogP contribution in [0.4, 0.5) is 8.78 Å². The summed E-state index contributed by atoms with van der Waals surface area (Å²) in [7, 11) is 0. The number of halogens is 3. The molecule has 1 amide bonds. The summed E-state index contributed by atoms with van der Waals surface area (Å²) < 4.78 is 27.0. The van der Waals surface area contributed by atoms with Gasteiger partial charge in [0.1, 0.15) is 5.69 Å². The fourth-order valence-corrected chi connectivity index (χ4v) is 2.59. The van der Waals surface area contributed by atoms with E-state index in [4.69, 9.17) is 11.6 Å². The van der Waals surface area contributed by atoms with Crippen LogP contribution in [0.2, 0.25) is 5.02 Å². The normalized spacial score (nSPS) is 15.4. The van der Waals surface area contributed by atoms with E-state index in [1.165, 1.54) is 12.1 Å². The molecule has 100 valence electrons. The largest absolute Gasteiger partial charge is 0.348 e. The van der Waals surface area contributed by atoms with Gasteiger partial charge in [0.05, 0.1) is 10.5 Å². The van der Waals surface area contributed by atoms with E-state index in [9.17, 15) is 13.6 Å². The first kappa shape index (κ1) is 12.4. The van der Waals surface area contributed by atoms with Crippen LogP contribution in [0.1, 0.15) is 23.3 Å². The maximum absolute atomic E-state index is 13.7. The van der Waals surface area contributed by atoms with Gasteiger partial charge in [0.25, 0.3) is 5.91 Å². The summed E-state index contributed by atoms with van der Waals surface area (Å²) in [5, 5.41) is 0.107. The number of rotatable bonds is 1. The number of fused-ring (bicyclic) bond motifs is 1. The molecule has 0 saturated carbocycles. The number of likely N-dealkylation sites (tertiary alicyclic amines) is 1. The topological polar surface area (TPSA) is 36.1 Å². The number of benzene rings is 1. The smallest absolute Gasteiger partial charge is 0.270 e. The molecule has 1 aliphatic heterocycles. The van der Waals surface area contributed by atoms with Crippen LogP contribution in [-0.2, 0) is 0 Å². The number of amides is 1. The Hall–Kier alpha value is -1.62. The molecule has 0 spiro atoms. The van der Waals surface area contributed by atoms with E-state index in [-0.39, 0.29) is 22.1 Å². The van der Waals surface area contributed by atoms with Crippen LogP contribution >= 0.6 is 11.6 Å². The molecule has 1 aromatic heterocycles. The van der Waals surface area contributed by atoms with Gasteiger partial charge in [0.15, 0.2) is 11.6 Å². The van der Waals surface area contributed by atoms with Crippen LogP contribution in [0.3, 0.4) is 0 Å². The molecule has 19 heavy (non-hydrogen) atoms. The third-order valence-corrected chi connectivity index (χ3v) is 3.65. The summed E-state index contributed by atoms with van der Waals surface area (Å²) in [6, 6.07) is 2.82. The van der Waals surface area contributed by atoms with Crippen LogP contribution in [0.5, 0.6) is 0 Å². The molecule has 1 N–H and O–H groups in total. The summed E-state index contributed by atoms with van der Waals surface area (Å²) in [4.78, 5) is 16.5. The Morgan fingerprint density at radius 3 is 2.58 bits per heavy atom. The second-order valence-electron chi connectivity index (χ2n) is 4.63. The maximum Gasteiger partial charge on any atom is 0.270 e.